The van der Waals surface area contributed by atoms with Gasteiger partial charge in [0.05, 0.1) is 7.11 Å². The van der Waals surface area contributed by atoms with Crippen molar-refractivity contribution < 1.29 is 17.9 Å². The Balaban J connectivity index is 2.14. The number of halogens is 1. The maximum atomic E-state index is 12.4. The number of hydrogen-bond donors (Lipinski definition) is 1. The maximum Gasteiger partial charge on any atom is 0.246 e. The van der Waals surface area contributed by atoms with Gasteiger partial charge < -0.3 is 10.1 Å². The molecule has 0 spiro atoms. The summed E-state index contributed by atoms with van der Waals surface area (Å²) in [5.74, 6) is -0.0771. The molecule has 0 aromatic heterocycles. The number of nitrogens with one attached hydrogen (secondary N) is 1. The molecule has 0 bridgehead atoms. The van der Waals surface area contributed by atoms with Gasteiger partial charge in [0.2, 0.25) is 15.9 Å². The lowest BCUT2D eigenvalue weighted by molar-refractivity contribution is -0.116. The molecule has 0 saturated heterocycles. The fourth-order valence-electron chi connectivity index (χ4n) is 2.25. The van der Waals surface area contributed by atoms with Gasteiger partial charge in [-0.2, -0.15) is 0 Å². The topological polar surface area (TPSA) is 75.7 Å². The molecule has 0 saturated carbocycles. The molecule has 1 N–H and O–H groups in total. The summed E-state index contributed by atoms with van der Waals surface area (Å²) in [5.41, 5.74) is 1.37. The summed E-state index contributed by atoms with van der Waals surface area (Å²) in [4.78, 5) is 12.1. The van der Waals surface area contributed by atoms with Crippen LogP contribution in [0.5, 0.6) is 5.75 Å². The Hall–Kier alpha value is -2.35. The minimum atomic E-state index is -3.67. The van der Waals surface area contributed by atoms with Crippen molar-refractivity contribution in [3.8, 4) is 5.75 Å². The molecule has 0 aliphatic rings. The zero-order valence-electron chi connectivity index (χ0n) is 15.3. The van der Waals surface area contributed by atoms with Crippen LogP contribution in [0.2, 0.25) is 5.02 Å². The number of sulfonamides is 1. The van der Waals surface area contributed by atoms with Crippen molar-refractivity contribution in [1.29, 1.82) is 0 Å². The third-order valence-corrected chi connectivity index (χ3v) is 5.99. The second kappa shape index (κ2) is 9.03. The zero-order valence-corrected chi connectivity index (χ0v) is 16.8. The van der Waals surface area contributed by atoms with E-state index in [2.05, 4.69) is 5.32 Å². The third kappa shape index (κ3) is 5.32. The maximum absolute atomic E-state index is 12.4. The van der Waals surface area contributed by atoms with Gasteiger partial charge in [-0.3, -0.25) is 4.79 Å². The summed E-state index contributed by atoms with van der Waals surface area (Å²) in [6.45, 7) is 0.297. The summed E-state index contributed by atoms with van der Waals surface area (Å²) >= 11 is 6.05. The lowest BCUT2D eigenvalue weighted by Gasteiger charge is -2.15. The number of carbonyl (C=O) groups is 1. The summed E-state index contributed by atoms with van der Waals surface area (Å²) in [5, 5.41) is 3.31. The molecule has 2 aromatic carbocycles. The summed E-state index contributed by atoms with van der Waals surface area (Å²) < 4.78 is 31.1. The first kappa shape index (κ1) is 21.0. The summed E-state index contributed by atoms with van der Waals surface area (Å²) in [7, 11) is 0.620. The number of nitrogens with zero attached hydrogens (tertiary/aromatic N) is 1. The van der Waals surface area contributed by atoms with E-state index in [0.717, 1.165) is 9.87 Å². The van der Waals surface area contributed by atoms with Crippen molar-refractivity contribution in [2.75, 3.05) is 21.2 Å². The van der Waals surface area contributed by atoms with Gasteiger partial charge in [-0.15, -0.1) is 0 Å². The Bertz CT molecular complexity index is 956. The molecule has 0 radical (unpaired) electrons. The Morgan fingerprint density at radius 2 is 1.93 bits per heavy atom. The molecule has 0 unspecified atom stereocenters. The molecule has 0 atom stereocenters. The SMILES string of the molecule is COc1ccc(/C=C/C(=O)NCc2ccccc2Cl)cc1S(=O)(=O)N(C)C. The molecule has 0 aliphatic heterocycles. The lowest BCUT2D eigenvalue weighted by Crippen LogP contribution is -2.22. The molecule has 27 heavy (non-hydrogen) atoms. The van der Waals surface area contributed by atoms with E-state index < -0.39 is 10.0 Å². The largest absolute Gasteiger partial charge is 0.495 e. The van der Waals surface area contributed by atoms with E-state index >= 15 is 0 Å². The molecule has 0 fully saturated rings. The standard InChI is InChI=1S/C19H21ClN2O4S/c1-22(2)27(24,25)18-12-14(8-10-17(18)26-3)9-11-19(23)21-13-15-6-4-5-7-16(15)20/h4-12H,13H2,1-3H3,(H,21,23)/b11-9+. The van der Waals surface area contributed by atoms with Gasteiger partial charge in [-0.25, -0.2) is 12.7 Å². The van der Waals surface area contributed by atoms with Crippen LogP contribution in [0.4, 0.5) is 0 Å². The highest BCUT2D eigenvalue weighted by atomic mass is 35.5. The van der Waals surface area contributed by atoms with Crippen molar-refractivity contribution in [3.63, 3.8) is 0 Å². The van der Waals surface area contributed by atoms with Crippen LogP contribution >= 0.6 is 11.6 Å². The smallest absolute Gasteiger partial charge is 0.246 e. The number of amides is 1. The fraction of sp³-hybridized carbons (Fsp3) is 0.211. The first-order chi connectivity index (χ1) is 12.8. The Kier molecular flexibility index (Phi) is 7.01. The monoisotopic (exact) mass is 408 g/mol. The number of rotatable bonds is 7. The normalized spacial score (nSPS) is 11.7. The van der Waals surface area contributed by atoms with Crippen molar-refractivity contribution in [3.05, 3.63) is 64.7 Å². The van der Waals surface area contributed by atoms with Crippen LogP contribution in [-0.2, 0) is 21.4 Å². The second-order valence-electron chi connectivity index (χ2n) is 5.84. The van der Waals surface area contributed by atoms with Crippen LogP contribution in [-0.4, -0.2) is 39.8 Å². The van der Waals surface area contributed by atoms with Crippen LogP contribution in [0.15, 0.2) is 53.4 Å². The molecule has 2 aromatic rings. The molecular formula is C19H21ClN2O4S. The summed E-state index contributed by atoms with van der Waals surface area (Å²) in [6, 6.07) is 11.9. The van der Waals surface area contributed by atoms with Gasteiger partial charge in [0.25, 0.3) is 0 Å². The van der Waals surface area contributed by atoms with Crippen molar-refractivity contribution >= 4 is 33.6 Å². The molecule has 6 nitrogen and oxygen atoms in total. The number of hydrogen-bond acceptors (Lipinski definition) is 4. The number of carbonyl (C=O) groups excluding carboxylic acids is 1. The average molecular weight is 409 g/mol. The minimum Gasteiger partial charge on any atom is -0.495 e. The van der Waals surface area contributed by atoms with E-state index in [1.807, 2.05) is 18.2 Å². The number of ether oxygens (including phenoxy) is 1. The highest BCUT2D eigenvalue weighted by Crippen LogP contribution is 2.27. The first-order valence-electron chi connectivity index (χ1n) is 8.05. The lowest BCUT2D eigenvalue weighted by atomic mass is 10.2. The Labute approximate surface area is 164 Å². The van der Waals surface area contributed by atoms with Crippen molar-refractivity contribution in [1.82, 2.24) is 9.62 Å². The van der Waals surface area contributed by atoms with Crippen LogP contribution in [0, 0.1) is 0 Å². The Morgan fingerprint density at radius 1 is 1.22 bits per heavy atom. The van der Waals surface area contributed by atoms with Gasteiger partial charge in [0.15, 0.2) is 0 Å². The van der Waals surface area contributed by atoms with Gasteiger partial charge >= 0.3 is 0 Å². The van der Waals surface area contributed by atoms with E-state index in [0.29, 0.717) is 17.1 Å². The minimum absolute atomic E-state index is 0.0358. The fourth-order valence-corrected chi connectivity index (χ4v) is 3.54. The zero-order chi connectivity index (χ0) is 20.0. The molecule has 144 valence electrons. The van der Waals surface area contributed by atoms with E-state index in [1.54, 1.807) is 18.2 Å². The predicted molar refractivity (Wildman–Crippen MR) is 106 cm³/mol. The first-order valence-corrected chi connectivity index (χ1v) is 9.87. The second-order valence-corrected chi connectivity index (χ2v) is 8.37. The molecular weight excluding hydrogens is 388 g/mol. The van der Waals surface area contributed by atoms with E-state index in [9.17, 15) is 13.2 Å². The van der Waals surface area contributed by atoms with Gasteiger partial charge in [0.1, 0.15) is 10.6 Å². The number of benzene rings is 2. The summed E-state index contributed by atoms with van der Waals surface area (Å²) in [6.07, 6.45) is 2.88. The quantitative estimate of drug-likeness (QED) is 0.715. The van der Waals surface area contributed by atoms with Crippen LogP contribution < -0.4 is 10.1 Å². The highest BCUT2D eigenvalue weighted by molar-refractivity contribution is 7.89. The molecule has 0 heterocycles. The molecule has 0 aliphatic carbocycles. The van der Waals surface area contributed by atoms with Gasteiger partial charge in [-0.1, -0.05) is 35.9 Å². The van der Waals surface area contributed by atoms with Gasteiger partial charge in [0, 0.05) is 31.7 Å². The van der Waals surface area contributed by atoms with E-state index in [4.69, 9.17) is 16.3 Å². The van der Waals surface area contributed by atoms with Crippen LogP contribution in [0.1, 0.15) is 11.1 Å². The number of methoxy groups -OCH3 is 1. The molecule has 2 rings (SSSR count). The van der Waals surface area contributed by atoms with E-state index in [1.165, 1.54) is 39.4 Å². The predicted octanol–water partition coefficient (Wildman–Crippen LogP) is 2.93. The van der Waals surface area contributed by atoms with Crippen molar-refractivity contribution in [2.24, 2.45) is 0 Å². The molecule has 1 amide bonds. The third-order valence-electron chi connectivity index (χ3n) is 3.78. The van der Waals surface area contributed by atoms with Crippen LogP contribution in [0.3, 0.4) is 0 Å². The van der Waals surface area contributed by atoms with Crippen molar-refractivity contribution in [2.45, 2.75) is 11.4 Å². The van der Waals surface area contributed by atoms with Gasteiger partial charge in [-0.05, 0) is 35.4 Å². The molecule has 8 heteroatoms. The highest BCUT2D eigenvalue weighted by Gasteiger charge is 2.22. The average Bonchev–Trinajstić information content (AvgIpc) is 2.65. The van der Waals surface area contributed by atoms with E-state index in [-0.39, 0.29) is 16.6 Å². The Morgan fingerprint density at radius 3 is 2.56 bits per heavy atom. The van der Waals surface area contributed by atoms with Crippen LogP contribution in [0.25, 0.3) is 6.08 Å².